The number of amides is 1. The van der Waals surface area contributed by atoms with Crippen molar-refractivity contribution in [1.82, 2.24) is 0 Å². The zero-order chi connectivity index (χ0) is 14.9. The SMILES string of the molecule is NC(=O)c1cc(Br)cc(-c2cccc(C(F)(F)F)c2)c1. The summed E-state index contributed by atoms with van der Waals surface area (Å²) in [6.45, 7) is 0. The molecule has 0 atom stereocenters. The molecule has 0 aliphatic rings. The van der Waals surface area contributed by atoms with Gasteiger partial charge in [-0.05, 0) is 41.5 Å². The van der Waals surface area contributed by atoms with Crippen molar-refractivity contribution in [3.8, 4) is 11.1 Å². The summed E-state index contributed by atoms with van der Waals surface area (Å²) in [5.41, 5.74) is 5.53. The maximum absolute atomic E-state index is 12.7. The summed E-state index contributed by atoms with van der Waals surface area (Å²) in [4.78, 5) is 11.2. The van der Waals surface area contributed by atoms with Crippen LogP contribution in [0, 0.1) is 0 Å². The minimum absolute atomic E-state index is 0.229. The largest absolute Gasteiger partial charge is 0.416 e. The zero-order valence-corrected chi connectivity index (χ0v) is 11.6. The predicted octanol–water partition coefficient (Wildman–Crippen LogP) is 4.23. The number of benzene rings is 2. The fourth-order valence-electron chi connectivity index (χ4n) is 1.77. The highest BCUT2D eigenvalue weighted by atomic mass is 79.9. The van der Waals surface area contributed by atoms with Crippen LogP contribution < -0.4 is 5.73 Å². The number of alkyl halides is 3. The predicted molar refractivity (Wildman–Crippen MR) is 73.1 cm³/mol. The van der Waals surface area contributed by atoms with Gasteiger partial charge >= 0.3 is 6.18 Å². The van der Waals surface area contributed by atoms with Crippen LogP contribution in [0.5, 0.6) is 0 Å². The molecule has 1 amide bonds. The van der Waals surface area contributed by atoms with Crippen molar-refractivity contribution in [2.75, 3.05) is 0 Å². The molecule has 0 aromatic heterocycles. The Bertz CT molecular complexity index is 668. The summed E-state index contributed by atoms with van der Waals surface area (Å²) in [6, 6.07) is 9.50. The van der Waals surface area contributed by atoms with Crippen LogP contribution in [-0.4, -0.2) is 5.91 Å². The zero-order valence-electron chi connectivity index (χ0n) is 10.0. The van der Waals surface area contributed by atoms with E-state index in [1.807, 2.05) is 0 Å². The fraction of sp³-hybridized carbons (Fsp3) is 0.0714. The third-order valence-corrected chi connectivity index (χ3v) is 3.16. The molecule has 2 nitrogen and oxygen atoms in total. The summed E-state index contributed by atoms with van der Waals surface area (Å²) in [6.07, 6.45) is -4.41. The molecule has 2 aromatic rings. The van der Waals surface area contributed by atoms with E-state index in [0.717, 1.165) is 12.1 Å². The number of carbonyl (C=O) groups excluding carboxylic acids is 1. The topological polar surface area (TPSA) is 43.1 Å². The molecule has 0 saturated heterocycles. The Morgan fingerprint density at radius 1 is 1.05 bits per heavy atom. The van der Waals surface area contributed by atoms with Crippen molar-refractivity contribution < 1.29 is 18.0 Å². The standard InChI is InChI=1S/C14H9BrF3NO/c15-12-6-9(4-10(7-12)13(19)20)8-2-1-3-11(5-8)14(16,17)18/h1-7H,(H2,19,20). The normalized spacial score (nSPS) is 11.4. The number of carbonyl (C=O) groups is 1. The van der Waals surface area contributed by atoms with Gasteiger partial charge < -0.3 is 5.73 Å². The molecule has 0 bridgehead atoms. The van der Waals surface area contributed by atoms with E-state index in [1.54, 1.807) is 12.1 Å². The molecule has 0 aliphatic carbocycles. The molecule has 0 unspecified atom stereocenters. The van der Waals surface area contributed by atoms with E-state index >= 15 is 0 Å². The summed E-state index contributed by atoms with van der Waals surface area (Å²) >= 11 is 3.21. The number of nitrogens with two attached hydrogens (primary N) is 1. The first kappa shape index (κ1) is 14.6. The second-order valence-corrected chi connectivity index (χ2v) is 5.09. The average molecular weight is 344 g/mol. The Labute approximate surface area is 121 Å². The van der Waals surface area contributed by atoms with Crippen molar-refractivity contribution in [2.24, 2.45) is 5.73 Å². The van der Waals surface area contributed by atoms with Crippen LogP contribution in [0.15, 0.2) is 46.9 Å². The Morgan fingerprint density at radius 3 is 2.35 bits per heavy atom. The molecule has 2 rings (SSSR count). The summed E-state index contributed by atoms with van der Waals surface area (Å²) < 4.78 is 38.6. The highest BCUT2D eigenvalue weighted by molar-refractivity contribution is 9.10. The lowest BCUT2D eigenvalue weighted by molar-refractivity contribution is -0.137. The van der Waals surface area contributed by atoms with E-state index in [1.165, 1.54) is 18.2 Å². The average Bonchev–Trinajstić information content (AvgIpc) is 2.37. The van der Waals surface area contributed by atoms with Crippen LogP contribution in [-0.2, 0) is 6.18 Å². The van der Waals surface area contributed by atoms with E-state index in [4.69, 9.17) is 5.73 Å². The number of hydrogen-bond acceptors (Lipinski definition) is 1. The van der Waals surface area contributed by atoms with Crippen LogP contribution in [0.1, 0.15) is 15.9 Å². The number of primary amides is 1. The summed E-state index contributed by atoms with van der Waals surface area (Å²) in [5, 5.41) is 0. The minimum Gasteiger partial charge on any atom is -0.366 e. The first-order chi connectivity index (χ1) is 9.27. The molecule has 2 N–H and O–H groups in total. The molecule has 6 heteroatoms. The molecule has 0 fully saturated rings. The molecular weight excluding hydrogens is 335 g/mol. The molecule has 2 aromatic carbocycles. The first-order valence-corrected chi connectivity index (χ1v) is 6.35. The van der Waals surface area contributed by atoms with E-state index in [0.29, 0.717) is 15.6 Å². The molecule has 20 heavy (non-hydrogen) atoms. The quantitative estimate of drug-likeness (QED) is 0.870. The van der Waals surface area contributed by atoms with Crippen LogP contribution in [0.4, 0.5) is 13.2 Å². The van der Waals surface area contributed by atoms with E-state index in [9.17, 15) is 18.0 Å². The minimum atomic E-state index is -4.41. The number of halogens is 4. The van der Waals surface area contributed by atoms with Gasteiger partial charge in [-0.2, -0.15) is 13.2 Å². The van der Waals surface area contributed by atoms with Crippen molar-refractivity contribution in [1.29, 1.82) is 0 Å². The van der Waals surface area contributed by atoms with Crippen LogP contribution in [0.2, 0.25) is 0 Å². The third kappa shape index (κ3) is 3.19. The molecule has 0 spiro atoms. The van der Waals surface area contributed by atoms with Crippen LogP contribution in [0.3, 0.4) is 0 Å². The molecular formula is C14H9BrF3NO. The Morgan fingerprint density at radius 2 is 1.75 bits per heavy atom. The van der Waals surface area contributed by atoms with Crippen molar-refractivity contribution >= 4 is 21.8 Å². The van der Waals surface area contributed by atoms with Gasteiger partial charge in [0.05, 0.1) is 5.56 Å². The Balaban J connectivity index is 2.54. The number of rotatable bonds is 2. The second kappa shape index (κ2) is 5.28. The van der Waals surface area contributed by atoms with Gasteiger partial charge in [0, 0.05) is 10.0 Å². The summed E-state index contributed by atoms with van der Waals surface area (Å²) in [5.74, 6) is -0.639. The van der Waals surface area contributed by atoms with E-state index in [-0.39, 0.29) is 5.56 Å². The van der Waals surface area contributed by atoms with Gasteiger partial charge in [-0.1, -0.05) is 28.1 Å². The molecule has 0 saturated carbocycles. The maximum Gasteiger partial charge on any atom is 0.416 e. The van der Waals surface area contributed by atoms with Crippen molar-refractivity contribution in [3.63, 3.8) is 0 Å². The van der Waals surface area contributed by atoms with Crippen LogP contribution >= 0.6 is 15.9 Å². The summed E-state index contributed by atoms with van der Waals surface area (Å²) in [7, 11) is 0. The molecule has 0 heterocycles. The third-order valence-electron chi connectivity index (χ3n) is 2.71. The van der Waals surface area contributed by atoms with Gasteiger partial charge in [0.15, 0.2) is 0 Å². The van der Waals surface area contributed by atoms with Gasteiger partial charge in [0.2, 0.25) is 5.91 Å². The Hall–Kier alpha value is -1.82. The van der Waals surface area contributed by atoms with Gasteiger partial charge in [-0.3, -0.25) is 4.79 Å². The van der Waals surface area contributed by atoms with E-state index < -0.39 is 17.6 Å². The van der Waals surface area contributed by atoms with Crippen LogP contribution in [0.25, 0.3) is 11.1 Å². The lowest BCUT2D eigenvalue weighted by atomic mass is 10.0. The van der Waals surface area contributed by atoms with E-state index in [2.05, 4.69) is 15.9 Å². The Kier molecular flexibility index (Phi) is 3.85. The van der Waals surface area contributed by atoms with Gasteiger partial charge in [-0.25, -0.2) is 0 Å². The lowest BCUT2D eigenvalue weighted by Gasteiger charge is -2.10. The highest BCUT2D eigenvalue weighted by Crippen LogP contribution is 2.33. The molecule has 104 valence electrons. The first-order valence-electron chi connectivity index (χ1n) is 5.55. The highest BCUT2D eigenvalue weighted by Gasteiger charge is 2.30. The maximum atomic E-state index is 12.7. The lowest BCUT2D eigenvalue weighted by Crippen LogP contribution is -2.11. The second-order valence-electron chi connectivity index (χ2n) is 4.17. The van der Waals surface area contributed by atoms with Gasteiger partial charge in [0.1, 0.15) is 0 Å². The molecule has 0 radical (unpaired) electrons. The molecule has 0 aliphatic heterocycles. The van der Waals surface area contributed by atoms with Crippen molar-refractivity contribution in [3.05, 3.63) is 58.1 Å². The van der Waals surface area contributed by atoms with Crippen molar-refractivity contribution in [2.45, 2.75) is 6.18 Å². The van der Waals surface area contributed by atoms with Gasteiger partial charge in [-0.15, -0.1) is 0 Å². The number of hydrogen-bond donors (Lipinski definition) is 1. The smallest absolute Gasteiger partial charge is 0.366 e. The fourth-order valence-corrected chi connectivity index (χ4v) is 2.27. The van der Waals surface area contributed by atoms with Gasteiger partial charge in [0.25, 0.3) is 0 Å². The monoisotopic (exact) mass is 343 g/mol.